The molecule has 29 nitrogen and oxygen atoms in total. The van der Waals surface area contributed by atoms with Crippen molar-refractivity contribution < 1.29 is 111 Å². The third-order valence-electron chi connectivity index (χ3n) is 21.3. The number of carbonyl (C=O) groups is 3. The number of rotatable bonds is 28. The van der Waals surface area contributed by atoms with Crippen LogP contribution in [-0.4, -0.2) is 187 Å². The van der Waals surface area contributed by atoms with E-state index in [0.29, 0.717) is 151 Å². The Balaban J connectivity index is 0.000000157. The summed E-state index contributed by atoms with van der Waals surface area (Å²) in [5.74, 6) is 1.86. The number of ketones is 3. The minimum absolute atomic E-state index is 0.0588. The van der Waals surface area contributed by atoms with E-state index >= 15 is 0 Å². The van der Waals surface area contributed by atoms with Crippen molar-refractivity contribution in [3.8, 4) is 80.0 Å². The number of carbonyl (C=O) groups excluding carboxylic acids is 3. The van der Waals surface area contributed by atoms with Crippen molar-refractivity contribution in [1.82, 2.24) is 29.9 Å². The molecule has 10 aromatic carbocycles. The van der Waals surface area contributed by atoms with Gasteiger partial charge in [0.2, 0.25) is 17.4 Å². The first kappa shape index (κ1) is 96.0. The Morgan fingerprint density at radius 2 is 0.769 bits per heavy atom. The highest BCUT2D eigenvalue weighted by molar-refractivity contribution is 6.18. The second-order valence-corrected chi connectivity index (χ2v) is 29.1. The number of ether oxygens (including phenoxy) is 10. The molecular formula is C99H98F2N8O21. The second-order valence-electron chi connectivity index (χ2n) is 29.1. The van der Waals surface area contributed by atoms with Crippen LogP contribution in [0, 0.1) is 11.6 Å². The minimum atomic E-state index is -0.656. The van der Waals surface area contributed by atoms with Crippen LogP contribution < -0.4 is 57.2 Å². The molecule has 8 N–H and O–H groups in total. The summed E-state index contributed by atoms with van der Waals surface area (Å²) in [4.78, 5) is 69.3. The van der Waals surface area contributed by atoms with Crippen LogP contribution in [0.5, 0.6) is 57.5 Å². The van der Waals surface area contributed by atoms with E-state index in [4.69, 9.17) is 57.5 Å². The largest absolute Gasteiger partial charge is 0.496 e. The first-order valence-electron chi connectivity index (χ1n) is 40.2. The van der Waals surface area contributed by atoms with Gasteiger partial charge in [0.05, 0.1) is 152 Å². The Hall–Kier alpha value is -14.7. The van der Waals surface area contributed by atoms with Gasteiger partial charge in [-0.1, -0.05) is 30.3 Å². The van der Waals surface area contributed by atoms with Crippen molar-refractivity contribution in [1.29, 1.82) is 0 Å². The van der Waals surface area contributed by atoms with Gasteiger partial charge in [-0.05, 0) is 162 Å². The fourth-order valence-corrected chi connectivity index (χ4v) is 14.6. The number of aromatic nitrogens is 6. The lowest BCUT2D eigenvalue weighted by molar-refractivity contribution is 0.102. The summed E-state index contributed by atoms with van der Waals surface area (Å²) >= 11 is 0. The SMILES string of the molecule is COc1c(CO)c(CO)cc2nc(-c3ccc(N(C)C)cc3)ccc12.COc1c(CO)cc2c(C(=O)c3ccc(CO)c(F)c3)ccnc2c1OC.COc1c(CO)cc2c(C(=O)c3ccc(N(C)C)cc3)ccnc2c1OC.COc1cc(C(=O)c2ncc3cc(CO)ccc3n2)cc(OC)c1OC.COc1ccc(-c2ccc3c(OC)c(CO)c(CO)cc3n2)cc1F. The van der Waals surface area contributed by atoms with Crippen LogP contribution in [-0.2, 0) is 52.9 Å². The number of fused-ring (bicyclic) bond motifs is 5. The zero-order valence-electron chi connectivity index (χ0n) is 73.9. The molecule has 0 radical (unpaired) electrons. The van der Waals surface area contributed by atoms with Crippen molar-refractivity contribution in [2.45, 2.75) is 52.9 Å². The first-order chi connectivity index (χ1) is 62.9. The van der Waals surface area contributed by atoms with Crippen LogP contribution in [0.1, 0.15) is 92.5 Å². The molecule has 15 rings (SSSR count). The number of aliphatic hydroxyl groups excluding tert-OH is 8. The monoisotopic (exact) mass is 1770 g/mol. The zero-order chi connectivity index (χ0) is 93.7. The molecule has 0 amide bonds. The molecule has 0 spiro atoms. The number of benzene rings is 10. The van der Waals surface area contributed by atoms with Crippen molar-refractivity contribution in [2.24, 2.45) is 0 Å². The lowest BCUT2D eigenvalue weighted by Crippen LogP contribution is -2.09. The Morgan fingerprint density at radius 3 is 1.19 bits per heavy atom. The van der Waals surface area contributed by atoms with Crippen LogP contribution in [0.3, 0.4) is 0 Å². The van der Waals surface area contributed by atoms with Crippen LogP contribution in [0.15, 0.2) is 195 Å². The molecule has 5 aromatic heterocycles. The number of aliphatic hydroxyl groups is 8. The average molecular weight is 1770 g/mol. The van der Waals surface area contributed by atoms with Crippen LogP contribution in [0.25, 0.3) is 77.0 Å². The topological polar surface area (TPSA) is 389 Å². The summed E-state index contributed by atoms with van der Waals surface area (Å²) < 4.78 is 81.1. The highest BCUT2D eigenvalue weighted by Crippen LogP contribution is 2.44. The molecule has 130 heavy (non-hydrogen) atoms. The van der Waals surface area contributed by atoms with Crippen molar-refractivity contribution in [3.63, 3.8) is 0 Å². The maximum Gasteiger partial charge on any atom is 0.230 e. The zero-order valence-corrected chi connectivity index (χ0v) is 73.9. The van der Waals surface area contributed by atoms with E-state index < -0.39 is 24.0 Å². The van der Waals surface area contributed by atoms with Gasteiger partial charge >= 0.3 is 0 Å². The summed E-state index contributed by atoms with van der Waals surface area (Å²) in [6.45, 7) is -1.94. The summed E-state index contributed by atoms with van der Waals surface area (Å²) in [6, 6.07) is 50.0. The minimum Gasteiger partial charge on any atom is -0.496 e. The van der Waals surface area contributed by atoms with E-state index in [1.54, 1.807) is 117 Å². The number of halogens is 2. The fourth-order valence-electron chi connectivity index (χ4n) is 14.6. The van der Waals surface area contributed by atoms with Gasteiger partial charge in [-0.3, -0.25) is 24.4 Å². The maximum atomic E-state index is 14.0. The molecule has 0 bridgehead atoms. The molecule has 5 heterocycles. The smallest absolute Gasteiger partial charge is 0.230 e. The van der Waals surface area contributed by atoms with Crippen molar-refractivity contribution >= 4 is 83.2 Å². The average Bonchev–Trinajstić information content (AvgIpc) is 0.753. The molecule has 0 fully saturated rings. The molecule has 0 saturated carbocycles. The first-order valence-corrected chi connectivity index (χ1v) is 40.2. The molecule has 31 heteroatoms. The fraction of sp³-hybridized carbons (Fsp3) is 0.222. The van der Waals surface area contributed by atoms with Gasteiger partial charge in [-0.2, -0.15) is 0 Å². The molecule has 0 atom stereocenters. The van der Waals surface area contributed by atoms with Gasteiger partial charge in [0, 0.05) is 152 Å². The van der Waals surface area contributed by atoms with Crippen molar-refractivity contribution in [3.05, 3.63) is 284 Å². The quantitative estimate of drug-likeness (QED) is 0.0211. The van der Waals surface area contributed by atoms with Gasteiger partial charge in [-0.25, -0.2) is 28.7 Å². The van der Waals surface area contributed by atoms with Gasteiger partial charge < -0.3 is 98.0 Å². The Labute approximate surface area is 747 Å². The number of nitrogens with zero attached hydrogens (tertiary/aromatic N) is 8. The van der Waals surface area contributed by atoms with Crippen molar-refractivity contribution in [2.75, 3.05) is 109 Å². The lowest BCUT2D eigenvalue weighted by Gasteiger charge is -2.16. The van der Waals surface area contributed by atoms with E-state index in [1.165, 1.54) is 94.5 Å². The second kappa shape index (κ2) is 44.2. The Bertz CT molecular complexity index is 6600. The maximum absolute atomic E-state index is 14.0. The van der Waals surface area contributed by atoms with E-state index in [-0.39, 0.29) is 86.1 Å². The normalized spacial score (nSPS) is 10.8. The highest BCUT2D eigenvalue weighted by Gasteiger charge is 2.27. The summed E-state index contributed by atoms with van der Waals surface area (Å²) in [7, 11) is 22.7. The third kappa shape index (κ3) is 20.6. The van der Waals surface area contributed by atoms with Gasteiger partial charge in [0.1, 0.15) is 28.3 Å². The molecule has 0 aliphatic carbocycles. The summed E-state index contributed by atoms with van der Waals surface area (Å²) in [5, 5.41) is 79.3. The van der Waals surface area contributed by atoms with E-state index in [0.717, 1.165) is 50.6 Å². The predicted molar refractivity (Wildman–Crippen MR) is 488 cm³/mol. The molecule has 0 saturated heterocycles. The number of anilines is 2. The Morgan fingerprint density at radius 1 is 0.323 bits per heavy atom. The van der Waals surface area contributed by atoms with Gasteiger partial charge in [0.25, 0.3) is 0 Å². The van der Waals surface area contributed by atoms with Crippen LogP contribution in [0.2, 0.25) is 0 Å². The van der Waals surface area contributed by atoms with Gasteiger partial charge in [0.15, 0.2) is 57.6 Å². The Kier molecular flexibility index (Phi) is 32.6. The number of methoxy groups -OCH3 is 10. The molecule has 15 aromatic rings. The van der Waals surface area contributed by atoms with E-state index in [9.17, 15) is 58.9 Å². The van der Waals surface area contributed by atoms with E-state index in [1.807, 2.05) is 74.4 Å². The summed E-state index contributed by atoms with van der Waals surface area (Å²) in [5.41, 5.74) is 14.0. The molecule has 0 aliphatic rings. The summed E-state index contributed by atoms with van der Waals surface area (Å²) in [6.07, 6.45) is 4.59. The predicted octanol–water partition coefficient (Wildman–Crippen LogP) is 14.0. The molecule has 0 unspecified atom stereocenters. The molecule has 674 valence electrons. The number of hydrogen-bond acceptors (Lipinski definition) is 29. The number of hydrogen-bond donors (Lipinski definition) is 8. The third-order valence-corrected chi connectivity index (χ3v) is 21.3. The highest BCUT2D eigenvalue weighted by atomic mass is 19.1. The van der Waals surface area contributed by atoms with Crippen LogP contribution in [0.4, 0.5) is 20.2 Å². The molecular weight excluding hydrogens is 1680 g/mol. The van der Waals surface area contributed by atoms with E-state index in [2.05, 4.69) is 37.1 Å². The number of pyridine rings is 4. The standard InChI is InChI=1S/C21H22N2O4.C20H18FNO5.C20H22N2O3.C19H18FNO4.C19H18N2O5/c1-23(2)15-7-5-13(6-8-15)19(25)16-9-10-22-18-17(16)11-14(12-24)20(26-3)21(18)27-4;1-26-19-13(10-24)7-15-14(5-6-22-17(15)20(19)27-2)18(25)11-3-4-12(9-23)16(21)8-11;1-22(2)15-6-4-13(5-7-15)18-9-8-16-19(21-18)10-14(11-23)17(12-24)20(16)25-3;1-24-18-6-3-11(7-15(18)20)16-5-4-13-17(21-16)8-12(9-22)14(10-23)19(13)25-2;1-24-15-7-12(8-16(25-2)18(15)26-3)17(23)19-20-9-13-6-11(10-22)4-5-14(13)21-19/h5-11,24H,12H2,1-4H3;3-8,23-24H,9-10H2,1-2H3;4-10,23-24H,11-12H2,1-3H3;3-8,22-23H,9-10H2,1-2H3;4-9,22H,10H2,1-3H3. The lowest BCUT2D eigenvalue weighted by atomic mass is 9.97. The van der Waals surface area contributed by atoms with Crippen LogP contribution >= 0.6 is 0 Å². The molecule has 0 aliphatic heterocycles. The van der Waals surface area contributed by atoms with Gasteiger partial charge in [-0.15, -0.1) is 0 Å².